The van der Waals surface area contributed by atoms with Crippen LogP contribution >= 0.6 is 0 Å². The fourth-order valence-corrected chi connectivity index (χ4v) is 4.14. The first-order chi connectivity index (χ1) is 12.4. The first-order valence-electron chi connectivity index (χ1n) is 8.55. The van der Waals surface area contributed by atoms with E-state index in [2.05, 4.69) is 10.0 Å². The highest BCUT2D eigenvalue weighted by molar-refractivity contribution is 7.92. The van der Waals surface area contributed by atoms with Crippen LogP contribution in [0.15, 0.2) is 53.4 Å². The highest BCUT2D eigenvalue weighted by Crippen LogP contribution is 2.20. The zero-order valence-electron chi connectivity index (χ0n) is 14.9. The van der Waals surface area contributed by atoms with Gasteiger partial charge in [0.25, 0.3) is 15.9 Å². The van der Waals surface area contributed by atoms with Crippen LogP contribution in [-0.2, 0) is 10.0 Å². The van der Waals surface area contributed by atoms with Crippen LogP contribution in [0.3, 0.4) is 0 Å². The summed E-state index contributed by atoms with van der Waals surface area (Å²) in [5.74, 6) is -0.102. The Hall–Kier alpha value is -2.38. The lowest BCUT2D eigenvalue weighted by molar-refractivity contribution is 0.0743. The predicted octanol–water partition coefficient (Wildman–Crippen LogP) is 2.23. The van der Waals surface area contributed by atoms with Crippen LogP contribution in [0.25, 0.3) is 0 Å². The number of carbonyl (C=O) groups excluding carboxylic acids is 1. The molecule has 0 aliphatic carbocycles. The van der Waals surface area contributed by atoms with E-state index in [1.165, 1.54) is 12.1 Å². The SMILES string of the molecule is Cc1ccccc1NS(=O)(=O)c1ccc(C(=O)N(C)C2CCNC2)cc1. The van der Waals surface area contributed by atoms with E-state index < -0.39 is 10.0 Å². The molecule has 1 unspecified atom stereocenters. The van der Waals surface area contributed by atoms with Crippen LogP contribution in [0.5, 0.6) is 0 Å². The number of aryl methyl sites for hydroxylation is 1. The van der Waals surface area contributed by atoms with Crippen LogP contribution in [0, 0.1) is 6.92 Å². The van der Waals surface area contributed by atoms with Crippen molar-refractivity contribution in [2.75, 3.05) is 24.9 Å². The summed E-state index contributed by atoms with van der Waals surface area (Å²) in [4.78, 5) is 14.4. The molecule has 3 rings (SSSR count). The number of anilines is 1. The van der Waals surface area contributed by atoms with Crippen molar-refractivity contribution in [1.82, 2.24) is 10.2 Å². The molecule has 1 aliphatic rings. The number of nitrogens with one attached hydrogen (secondary N) is 2. The van der Waals surface area contributed by atoms with E-state index >= 15 is 0 Å². The molecule has 1 aliphatic heterocycles. The Bertz CT molecular complexity index is 889. The molecule has 1 saturated heterocycles. The molecule has 2 aromatic carbocycles. The maximum absolute atomic E-state index is 12.6. The van der Waals surface area contributed by atoms with E-state index in [0.717, 1.165) is 25.1 Å². The minimum Gasteiger partial charge on any atom is -0.337 e. The second-order valence-electron chi connectivity index (χ2n) is 6.51. The van der Waals surface area contributed by atoms with Crippen molar-refractivity contribution >= 4 is 21.6 Å². The maximum atomic E-state index is 12.6. The zero-order chi connectivity index (χ0) is 18.7. The summed E-state index contributed by atoms with van der Waals surface area (Å²) in [6.07, 6.45) is 0.926. The molecular weight excluding hydrogens is 350 g/mol. The first kappa shape index (κ1) is 18.4. The van der Waals surface area contributed by atoms with Crippen LogP contribution in [0.4, 0.5) is 5.69 Å². The molecule has 2 aromatic rings. The number of nitrogens with zero attached hydrogens (tertiary/aromatic N) is 1. The molecule has 6 nitrogen and oxygen atoms in total. The fraction of sp³-hybridized carbons (Fsp3) is 0.316. The minimum absolute atomic E-state index is 0.102. The molecule has 0 radical (unpaired) electrons. The topological polar surface area (TPSA) is 78.5 Å². The number of likely N-dealkylation sites (N-methyl/N-ethyl adjacent to an activating group) is 1. The second kappa shape index (κ2) is 7.47. The van der Waals surface area contributed by atoms with E-state index in [-0.39, 0.29) is 16.8 Å². The number of carbonyl (C=O) groups is 1. The minimum atomic E-state index is -3.70. The van der Waals surface area contributed by atoms with E-state index in [1.807, 2.05) is 19.1 Å². The third-order valence-electron chi connectivity index (χ3n) is 4.70. The maximum Gasteiger partial charge on any atom is 0.261 e. The normalized spacial score (nSPS) is 17.1. The van der Waals surface area contributed by atoms with Gasteiger partial charge in [-0.15, -0.1) is 0 Å². The number of rotatable bonds is 5. The number of hydrogen-bond acceptors (Lipinski definition) is 4. The highest BCUT2D eigenvalue weighted by Gasteiger charge is 2.24. The average Bonchev–Trinajstić information content (AvgIpc) is 3.17. The van der Waals surface area contributed by atoms with Crippen molar-refractivity contribution in [3.63, 3.8) is 0 Å². The zero-order valence-corrected chi connectivity index (χ0v) is 15.7. The van der Waals surface area contributed by atoms with Gasteiger partial charge in [-0.1, -0.05) is 18.2 Å². The summed E-state index contributed by atoms with van der Waals surface area (Å²) < 4.78 is 27.7. The average molecular weight is 373 g/mol. The van der Waals surface area contributed by atoms with Gasteiger partial charge in [-0.25, -0.2) is 8.42 Å². The third kappa shape index (κ3) is 3.89. The van der Waals surface area contributed by atoms with Crippen molar-refractivity contribution in [2.45, 2.75) is 24.3 Å². The Labute approximate surface area is 154 Å². The number of benzene rings is 2. The molecular formula is C19H23N3O3S. The summed E-state index contributed by atoms with van der Waals surface area (Å²) >= 11 is 0. The van der Waals surface area contributed by atoms with Crippen molar-refractivity contribution in [1.29, 1.82) is 0 Å². The summed E-state index contributed by atoms with van der Waals surface area (Å²) in [5, 5.41) is 3.23. The Balaban J connectivity index is 1.76. The number of hydrogen-bond donors (Lipinski definition) is 2. The predicted molar refractivity (Wildman–Crippen MR) is 102 cm³/mol. The standard InChI is InChI=1S/C19H23N3O3S/c1-14-5-3-4-6-18(14)21-26(24,25)17-9-7-15(8-10-17)19(23)22(2)16-11-12-20-13-16/h3-10,16,20-21H,11-13H2,1-2H3. The molecule has 26 heavy (non-hydrogen) atoms. The smallest absolute Gasteiger partial charge is 0.261 e. The molecule has 1 amide bonds. The van der Waals surface area contributed by atoms with Crippen molar-refractivity contribution in [3.05, 3.63) is 59.7 Å². The van der Waals surface area contributed by atoms with Gasteiger partial charge in [-0.3, -0.25) is 9.52 Å². The van der Waals surface area contributed by atoms with Gasteiger partial charge in [-0.2, -0.15) is 0 Å². The highest BCUT2D eigenvalue weighted by atomic mass is 32.2. The Morgan fingerprint density at radius 3 is 2.46 bits per heavy atom. The quantitative estimate of drug-likeness (QED) is 0.842. The van der Waals surface area contributed by atoms with Gasteiger partial charge in [0.05, 0.1) is 10.6 Å². The van der Waals surface area contributed by atoms with Gasteiger partial charge >= 0.3 is 0 Å². The van der Waals surface area contributed by atoms with Gasteiger partial charge in [0.1, 0.15) is 0 Å². The molecule has 2 N–H and O–H groups in total. The van der Waals surface area contributed by atoms with Gasteiger partial charge in [0.15, 0.2) is 0 Å². The summed E-state index contributed by atoms with van der Waals surface area (Å²) in [7, 11) is -1.92. The lowest BCUT2D eigenvalue weighted by Crippen LogP contribution is -2.38. The molecule has 138 valence electrons. The number of para-hydroxylation sites is 1. The largest absolute Gasteiger partial charge is 0.337 e. The van der Waals surface area contributed by atoms with Crippen molar-refractivity contribution in [3.8, 4) is 0 Å². The Morgan fingerprint density at radius 1 is 1.15 bits per heavy atom. The lowest BCUT2D eigenvalue weighted by atomic mass is 10.1. The molecule has 0 spiro atoms. The van der Waals surface area contributed by atoms with Crippen LogP contribution in [0.2, 0.25) is 0 Å². The number of amides is 1. The molecule has 0 bridgehead atoms. The third-order valence-corrected chi connectivity index (χ3v) is 6.08. The van der Waals surface area contributed by atoms with Gasteiger partial charge < -0.3 is 10.2 Å². The summed E-state index contributed by atoms with van der Waals surface area (Å²) in [5.41, 5.74) is 1.87. The lowest BCUT2D eigenvalue weighted by Gasteiger charge is -2.23. The van der Waals surface area contributed by atoms with Gasteiger partial charge in [0.2, 0.25) is 0 Å². The molecule has 1 fully saturated rings. The van der Waals surface area contributed by atoms with Crippen LogP contribution in [0.1, 0.15) is 22.3 Å². The number of sulfonamides is 1. The Morgan fingerprint density at radius 2 is 1.85 bits per heavy atom. The molecule has 1 heterocycles. The molecule has 7 heteroatoms. The van der Waals surface area contributed by atoms with E-state index in [4.69, 9.17) is 0 Å². The molecule has 0 saturated carbocycles. The summed E-state index contributed by atoms with van der Waals surface area (Å²) in [6.45, 7) is 3.53. The monoisotopic (exact) mass is 373 g/mol. The van der Waals surface area contributed by atoms with Crippen molar-refractivity contribution < 1.29 is 13.2 Å². The first-order valence-corrected chi connectivity index (χ1v) is 10.0. The fourth-order valence-electron chi connectivity index (χ4n) is 3.01. The summed E-state index contributed by atoms with van der Waals surface area (Å²) in [6, 6.07) is 13.4. The van der Waals surface area contributed by atoms with Gasteiger partial charge in [-0.05, 0) is 55.8 Å². The van der Waals surface area contributed by atoms with Crippen molar-refractivity contribution in [2.24, 2.45) is 0 Å². The van der Waals surface area contributed by atoms with Crippen LogP contribution in [-0.4, -0.2) is 45.4 Å². The second-order valence-corrected chi connectivity index (χ2v) is 8.19. The Kier molecular flexibility index (Phi) is 5.29. The van der Waals surface area contributed by atoms with E-state index in [0.29, 0.717) is 11.3 Å². The van der Waals surface area contributed by atoms with Gasteiger partial charge in [0, 0.05) is 25.2 Å². The molecule has 1 atom stereocenters. The van der Waals surface area contributed by atoms with Crippen LogP contribution < -0.4 is 10.0 Å². The molecule has 0 aromatic heterocycles. The van der Waals surface area contributed by atoms with E-state index in [1.54, 1.807) is 36.2 Å². The van der Waals surface area contributed by atoms with E-state index in [9.17, 15) is 13.2 Å².